The third-order valence-electron chi connectivity index (χ3n) is 2.88. The van der Waals surface area contributed by atoms with Crippen molar-refractivity contribution in [3.8, 4) is 0 Å². The van der Waals surface area contributed by atoms with E-state index in [0.29, 0.717) is 12.3 Å². The van der Waals surface area contributed by atoms with Crippen LogP contribution in [0.15, 0.2) is 24.3 Å². The summed E-state index contributed by atoms with van der Waals surface area (Å²) in [6, 6.07) is 6.00. The third kappa shape index (κ3) is 4.66. The predicted molar refractivity (Wildman–Crippen MR) is 75.8 cm³/mol. The highest BCUT2D eigenvalue weighted by atomic mass is 16.4. The molecule has 1 atom stereocenters. The molecule has 0 bridgehead atoms. The van der Waals surface area contributed by atoms with Gasteiger partial charge in [0.1, 0.15) is 0 Å². The zero-order valence-corrected chi connectivity index (χ0v) is 12.0. The van der Waals surface area contributed by atoms with E-state index >= 15 is 0 Å². The molecule has 0 aliphatic rings. The summed E-state index contributed by atoms with van der Waals surface area (Å²) in [5.74, 6) is -1.34. The fourth-order valence-electron chi connectivity index (χ4n) is 2.19. The third-order valence-corrected chi connectivity index (χ3v) is 2.88. The molecule has 1 aromatic carbocycles. The van der Waals surface area contributed by atoms with Crippen molar-refractivity contribution in [3.05, 3.63) is 35.4 Å². The number of carboxylic acids is 1. The van der Waals surface area contributed by atoms with Gasteiger partial charge in [-0.05, 0) is 31.4 Å². The smallest absolute Gasteiger partial charge is 0.336 e. The standard InChI is InChI=1S/C15H21NO4/c1-10(2)8-15(3,20)9-16-13(17)11-6-4-5-7-12(11)14(18)19/h4-7,10,20H,8-9H2,1-3H3,(H,16,17)(H,18,19). The fraction of sp³-hybridized carbons (Fsp3) is 0.467. The van der Waals surface area contributed by atoms with Crippen LogP contribution >= 0.6 is 0 Å². The number of nitrogens with one attached hydrogen (secondary N) is 1. The monoisotopic (exact) mass is 279 g/mol. The lowest BCUT2D eigenvalue weighted by Gasteiger charge is -2.25. The van der Waals surface area contributed by atoms with E-state index in [0.717, 1.165) is 0 Å². The van der Waals surface area contributed by atoms with Crippen molar-refractivity contribution < 1.29 is 19.8 Å². The summed E-state index contributed by atoms with van der Waals surface area (Å²) in [4.78, 5) is 23.1. The average molecular weight is 279 g/mol. The van der Waals surface area contributed by atoms with Gasteiger partial charge < -0.3 is 15.5 Å². The van der Waals surface area contributed by atoms with E-state index in [1.165, 1.54) is 12.1 Å². The van der Waals surface area contributed by atoms with Gasteiger partial charge in [0.15, 0.2) is 0 Å². The van der Waals surface area contributed by atoms with Gasteiger partial charge in [0.05, 0.1) is 16.7 Å². The molecule has 0 aromatic heterocycles. The molecule has 0 aliphatic carbocycles. The number of amides is 1. The number of hydrogen-bond acceptors (Lipinski definition) is 3. The summed E-state index contributed by atoms with van der Waals surface area (Å²) < 4.78 is 0. The molecular formula is C15H21NO4. The quantitative estimate of drug-likeness (QED) is 0.742. The van der Waals surface area contributed by atoms with Gasteiger partial charge in [-0.25, -0.2) is 4.79 Å². The van der Waals surface area contributed by atoms with Gasteiger partial charge in [-0.3, -0.25) is 4.79 Å². The van der Waals surface area contributed by atoms with E-state index in [-0.39, 0.29) is 17.7 Å². The van der Waals surface area contributed by atoms with Gasteiger partial charge >= 0.3 is 5.97 Å². The van der Waals surface area contributed by atoms with E-state index < -0.39 is 17.5 Å². The van der Waals surface area contributed by atoms with Crippen LogP contribution in [-0.4, -0.2) is 34.2 Å². The van der Waals surface area contributed by atoms with E-state index in [4.69, 9.17) is 5.11 Å². The van der Waals surface area contributed by atoms with Crippen LogP contribution in [0.5, 0.6) is 0 Å². The molecule has 0 heterocycles. The second kappa shape index (κ2) is 6.52. The van der Waals surface area contributed by atoms with Crippen molar-refractivity contribution in [1.82, 2.24) is 5.32 Å². The molecule has 0 radical (unpaired) electrons. The van der Waals surface area contributed by atoms with Crippen LogP contribution in [0, 0.1) is 5.92 Å². The molecule has 20 heavy (non-hydrogen) atoms. The van der Waals surface area contributed by atoms with Gasteiger partial charge in [0.2, 0.25) is 0 Å². The summed E-state index contributed by atoms with van der Waals surface area (Å²) in [6.45, 7) is 5.69. The van der Waals surface area contributed by atoms with Crippen LogP contribution in [0.25, 0.3) is 0 Å². The van der Waals surface area contributed by atoms with E-state index in [9.17, 15) is 14.7 Å². The molecule has 0 spiro atoms. The topological polar surface area (TPSA) is 86.6 Å². The number of aromatic carboxylic acids is 1. The van der Waals surface area contributed by atoms with Crippen LogP contribution in [0.2, 0.25) is 0 Å². The summed E-state index contributed by atoms with van der Waals surface area (Å²) >= 11 is 0. The number of carbonyl (C=O) groups is 2. The van der Waals surface area contributed by atoms with Crippen molar-refractivity contribution in [1.29, 1.82) is 0 Å². The first kappa shape index (κ1) is 16.2. The lowest BCUT2D eigenvalue weighted by molar-refractivity contribution is 0.0368. The zero-order chi connectivity index (χ0) is 15.3. The predicted octanol–water partition coefficient (Wildman–Crippen LogP) is 1.91. The second-order valence-electron chi connectivity index (χ2n) is 5.63. The first-order valence-electron chi connectivity index (χ1n) is 6.56. The number of hydrogen-bond donors (Lipinski definition) is 3. The molecule has 0 fully saturated rings. The van der Waals surface area contributed by atoms with Crippen molar-refractivity contribution in [3.63, 3.8) is 0 Å². The van der Waals surface area contributed by atoms with E-state index in [1.54, 1.807) is 19.1 Å². The Morgan fingerprint density at radius 3 is 2.30 bits per heavy atom. The molecule has 110 valence electrons. The molecule has 0 aliphatic heterocycles. The number of aliphatic hydroxyl groups is 1. The minimum absolute atomic E-state index is 0.0477. The normalized spacial score (nSPS) is 13.8. The maximum Gasteiger partial charge on any atom is 0.336 e. The highest BCUT2D eigenvalue weighted by Crippen LogP contribution is 2.16. The highest BCUT2D eigenvalue weighted by molar-refractivity contribution is 6.04. The van der Waals surface area contributed by atoms with Crippen LogP contribution in [0.4, 0.5) is 0 Å². The number of carbonyl (C=O) groups excluding carboxylic acids is 1. The zero-order valence-electron chi connectivity index (χ0n) is 12.0. The Balaban J connectivity index is 2.75. The van der Waals surface area contributed by atoms with Crippen molar-refractivity contribution in [2.24, 2.45) is 5.92 Å². The van der Waals surface area contributed by atoms with Gasteiger partial charge in [-0.2, -0.15) is 0 Å². The average Bonchev–Trinajstić information content (AvgIpc) is 2.34. The minimum Gasteiger partial charge on any atom is -0.478 e. The molecule has 0 saturated carbocycles. The Bertz CT molecular complexity index is 494. The Labute approximate surface area is 118 Å². The molecule has 3 N–H and O–H groups in total. The first-order chi connectivity index (χ1) is 9.23. The maximum atomic E-state index is 12.0. The van der Waals surface area contributed by atoms with Crippen LogP contribution in [-0.2, 0) is 0 Å². The minimum atomic E-state index is -1.15. The molecule has 5 heteroatoms. The Morgan fingerprint density at radius 2 is 1.80 bits per heavy atom. The summed E-state index contributed by atoms with van der Waals surface area (Å²) in [5, 5.41) is 21.7. The summed E-state index contributed by atoms with van der Waals surface area (Å²) in [7, 11) is 0. The van der Waals surface area contributed by atoms with E-state index in [2.05, 4.69) is 5.32 Å². The van der Waals surface area contributed by atoms with E-state index in [1.807, 2.05) is 13.8 Å². The van der Waals surface area contributed by atoms with Gasteiger partial charge in [-0.1, -0.05) is 26.0 Å². The maximum absolute atomic E-state index is 12.0. The SMILES string of the molecule is CC(C)CC(C)(O)CNC(=O)c1ccccc1C(=O)O. The molecule has 1 amide bonds. The fourth-order valence-corrected chi connectivity index (χ4v) is 2.19. The van der Waals surface area contributed by atoms with Crippen molar-refractivity contribution in [2.75, 3.05) is 6.54 Å². The first-order valence-corrected chi connectivity index (χ1v) is 6.56. The van der Waals surface area contributed by atoms with Crippen LogP contribution in [0.1, 0.15) is 47.9 Å². The lowest BCUT2D eigenvalue weighted by Crippen LogP contribution is -2.41. The molecule has 5 nitrogen and oxygen atoms in total. The molecule has 1 rings (SSSR count). The molecule has 1 unspecified atom stereocenters. The van der Waals surface area contributed by atoms with Crippen molar-refractivity contribution in [2.45, 2.75) is 32.8 Å². The largest absolute Gasteiger partial charge is 0.478 e. The number of carboxylic acid groups (broad SMARTS) is 1. The van der Waals surface area contributed by atoms with Crippen LogP contribution in [0.3, 0.4) is 0 Å². The second-order valence-corrected chi connectivity index (χ2v) is 5.63. The van der Waals surface area contributed by atoms with Crippen LogP contribution < -0.4 is 5.32 Å². The molecule has 0 saturated heterocycles. The Morgan fingerprint density at radius 1 is 1.25 bits per heavy atom. The van der Waals surface area contributed by atoms with Gasteiger partial charge in [0, 0.05) is 6.54 Å². The van der Waals surface area contributed by atoms with Gasteiger partial charge in [-0.15, -0.1) is 0 Å². The molecular weight excluding hydrogens is 258 g/mol. The van der Waals surface area contributed by atoms with Crippen molar-refractivity contribution >= 4 is 11.9 Å². The Hall–Kier alpha value is -1.88. The Kier molecular flexibility index (Phi) is 5.27. The number of rotatable bonds is 6. The van der Waals surface area contributed by atoms with Gasteiger partial charge in [0.25, 0.3) is 5.91 Å². The number of benzene rings is 1. The summed E-state index contributed by atoms with van der Waals surface area (Å²) in [6.07, 6.45) is 0.549. The molecule has 1 aromatic rings. The summed E-state index contributed by atoms with van der Waals surface area (Å²) in [5.41, 5.74) is -0.962. The lowest BCUT2D eigenvalue weighted by atomic mass is 9.94. The highest BCUT2D eigenvalue weighted by Gasteiger charge is 2.24.